The van der Waals surface area contributed by atoms with Gasteiger partial charge >= 0.3 is 0 Å². The van der Waals surface area contributed by atoms with Gasteiger partial charge in [-0.3, -0.25) is 0 Å². The van der Waals surface area contributed by atoms with Gasteiger partial charge in [-0.15, -0.1) is 0 Å². The van der Waals surface area contributed by atoms with Gasteiger partial charge in [-0.1, -0.05) is 9.75 Å². The molecular weight excluding hydrogens is 130 g/mol. The Balaban J connectivity index is 2.77. The Labute approximate surface area is 49.9 Å². The zero-order valence-electron chi connectivity index (χ0n) is 3.74. The lowest BCUT2D eigenvalue weighted by atomic mass is 11.1. The Morgan fingerprint density at radius 3 is 3.12 bits per heavy atom. The number of hydrogen-bond acceptors (Lipinski definition) is 4. The Hall–Kier alpha value is -0.970. The van der Waals surface area contributed by atoms with Crippen molar-refractivity contribution in [2.75, 3.05) is 0 Å². The largest absolute Gasteiger partial charge is 0.265 e. The summed E-state index contributed by atoms with van der Waals surface area (Å²) in [6, 6.07) is 0. The van der Waals surface area contributed by atoms with Crippen molar-refractivity contribution < 1.29 is 0 Å². The van der Waals surface area contributed by atoms with Crippen molar-refractivity contribution in [2.45, 2.75) is 0 Å². The van der Waals surface area contributed by atoms with E-state index in [0.29, 0.717) is 5.95 Å². The maximum Gasteiger partial charge on any atom is 0.265 e. The molecule has 0 saturated heterocycles. The van der Waals surface area contributed by atoms with Crippen LogP contribution in [0, 0.1) is 0 Å². The molecule has 0 bridgehead atoms. The quantitative estimate of drug-likeness (QED) is 0.579. The van der Waals surface area contributed by atoms with Crippen LogP contribution in [0.4, 0.5) is 5.95 Å². The van der Waals surface area contributed by atoms with Gasteiger partial charge in [0.25, 0.3) is 5.95 Å². The van der Waals surface area contributed by atoms with Crippen LogP contribution in [-0.4, -0.2) is 15.2 Å². The molecule has 0 amide bonds. The molecule has 0 aliphatic carbocycles. The first-order valence-electron chi connectivity index (χ1n) is 1.81. The van der Waals surface area contributed by atoms with Crippen molar-refractivity contribution in [3.8, 4) is 0 Å². The van der Waals surface area contributed by atoms with Crippen LogP contribution in [0.2, 0.25) is 0 Å². The fourth-order valence-electron chi connectivity index (χ4n) is 0.283. The molecule has 6 heteroatoms. The number of rotatable bonds is 1. The van der Waals surface area contributed by atoms with Crippen LogP contribution in [0.5, 0.6) is 0 Å². The molecule has 0 radical (unpaired) electrons. The number of nitrogens with zero attached hydrogens (tertiary/aromatic N) is 4. The lowest BCUT2D eigenvalue weighted by Gasteiger charge is -1.71. The molecule has 1 heterocycles. The van der Waals surface area contributed by atoms with E-state index in [4.69, 9.17) is 11.8 Å². The van der Waals surface area contributed by atoms with Crippen LogP contribution < -0.4 is 0 Å². The summed E-state index contributed by atoms with van der Waals surface area (Å²) in [5.41, 5.74) is 0. The minimum Gasteiger partial charge on any atom is -0.242 e. The van der Waals surface area contributed by atoms with Crippen molar-refractivity contribution in [3.63, 3.8) is 0 Å². The molecule has 0 aliphatic rings. The van der Waals surface area contributed by atoms with Crippen LogP contribution in [0.1, 0.15) is 0 Å². The Kier molecular flexibility index (Phi) is 1.53. The molecule has 42 valence electrons. The molecule has 0 atom stereocenters. The van der Waals surface area contributed by atoms with E-state index in [-0.39, 0.29) is 0 Å². The summed E-state index contributed by atoms with van der Waals surface area (Å²) >= 11 is 4.86. The van der Waals surface area contributed by atoms with Gasteiger partial charge < -0.3 is 0 Å². The van der Waals surface area contributed by atoms with E-state index < -0.39 is 0 Å². The molecule has 0 fully saturated rings. The summed E-state index contributed by atoms with van der Waals surface area (Å²) < 4.78 is 2.94. The Morgan fingerprint density at radius 2 is 2.62 bits per heavy atom. The highest BCUT2D eigenvalue weighted by Gasteiger charge is 1.85. The molecule has 1 aromatic rings. The second kappa shape index (κ2) is 2.37. The van der Waals surface area contributed by atoms with Crippen molar-refractivity contribution in [1.29, 1.82) is 0 Å². The predicted octanol–water partition coefficient (Wildman–Crippen LogP) is 1.04. The molecule has 0 saturated carbocycles. The van der Waals surface area contributed by atoms with Crippen molar-refractivity contribution >= 4 is 17.7 Å². The number of H-pyrrole nitrogens is 1. The normalized spacial score (nSPS) is 10.6. The van der Waals surface area contributed by atoms with Gasteiger partial charge in [-0.2, -0.15) is 10.1 Å². The molecule has 1 rings (SSSR count). The lowest BCUT2D eigenvalue weighted by molar-refractivity contribution is 1.06. The van der Waals surface area contributed by atoms with E-state index in [9.17, 15) is 0 Å². The van der Waals surface area contributed by atoms with Crippen LogP contribution in [-0.2, 0) is 0 Å². The second-order valence-corrected chi connectivity index (χ2v) is 1.14. The average Bonchev–Trinajstić information content (AvgIpc) is 2.19. The molecule has 0 aromatic carbocycles. The molecule has 0 spiro atoms. The zero-order valence-corrected chi connectivity index (χ0v) is 4.50. The van der Waals surface area contributed by atoms with E-state index in [0.717, 1.165) is 0 Å². The van der Waals surface area contributed by atoms with Crippen LogP contribution in [0.3, 0.4) is 0 Å². The predicted molar refractivity (Wildman–Crippen MR) is 26.8 cm³/mol. The first-order chi connectivity index (χ1) is 3.93. The molecule has 1 aromatic heterocycles. The van der Waals surface area contributed by atoms with Crippen molar-refractivity contribution in [1.82, 2.24) is 15.2 Å². The smallest absolute Gasteiger partial charge is 0.242 e. The molecular formula is C2H2ClN5. The van der Waals surface area contributed by atoms with Gasteiger partial charge in [0.05, 0.1) is 11.8 Å². The van der Waals surface area contributed by atoms with E-state index in [1.165, 1.54) is 6.33 Å². The van der Waals surface area contributed by atoms with Gasteiger partial charge in [0.1, 0.15) is 6.33 Å². The standard InChI is InChI=1S/C2H2ClN5/c3-8-7-2-4-1-5-6-2/h1H,(H,4,5,6)/b8-7+. The third-order valence-electron chi connectivity index (χ3n) is 0.535. The van der Waals surface area contributed by atoms with E-state index >= 15 is 0 Å². The highest BCUT2D eigenvalue weighted by atomic mass is 35.5. The molecule has 5 nitrogen and oxygen atoms in total. The van der Waals surface area contributed by atoms with Gasteiger partial charge in [0.15, 0.2) is 0 Å². The SMILES string of the molecule is Cl/N=N/c1ncn[nH]1. The summed E-state index contributed by atoms with van der Waals surface area (Å²) in [5.74, 6) is 0.306. The van der Waals surface area contributed by atoms with Crippen LogP contribution >= 0.6 is 11.8 Å². The maximum atomic E-state index is 4.86. The third kappa shape index (κ3) is 1.00. The van der Waals surface area contributed by atoms with Crippen LogP contribution in [0.15, 0.2) is 16.1 Å². The highest BCUT2D eigenvalue weighted by Crippen LogP contribution is 1.99. The minimum absolute atomic E-state index is 0.306. The summed E-state index contributed by atoms with van der Waals surface area (Å²) in [6.45, 7) is 0. The molecule has 8 heavy (non-hydrogen) atoms. The summed E-state index contributed by atoms with van der Waals surface area (Å²) in [6.07, 6.45) is 1.32. The number of hydrogen-bond donors (Lipinski definition) is 1. The Morgan fingerprint density at radius 1 is 1.75 bits per heavy atom. The third-order valence-corrected chi connectivity index (χ3v) is 0.610. The number of aromatic amines is 1. The fourth-order valence-corrected chi connectivity index (χ4v) is 0.355. The first-order valence-corrected chi connectivity index (χ1v) is 2.14. The number of halogens is 1. The van der Waals surface area contributed by atoms with E-state index in [1.807, 2.05) is 0 Å². The Bertz CT molecular complexity index is 167. The van der Waals surface area contributed by atoms with Gasteiger partial charge in [-0.25, -0.2) is 5.10 Å². The number of aromatic nitrogens is 3. The fraction of sp³-hybridized carbons (Fsp3) is 0. The molecule has 1 N–H and O–H groups in total. The molecule has 0 unspecified atom stereocenters. The topological polar surface area (TPSA) is 66.3 Å². The van der Waals surface area contributed by atoms with E-state index in [1.54, 1.807) is 0 Å². The first kappa shape index (κ1) is 5.17. The minimum atomic E-state index is 0.306. The van der Waals surface area contributed by atoms with Crippen LogP contribution in [0.25, 0.3) is 0 Å². The summed E-state index contributed by atoms with van der Waals surface area (Å²) in [4.78, 5) is 3.59. The maximum absolute atomic E-state index is 4.86. The highest BCUT2D eigenvalue weighted by molar-refractivity contribution is 6.14. The second-order valence-electron chi connectivity index (χ2n) is 0.985. The monoisotopic (exact) mass is 131 g/mol. The van der Waals surface area contributed by atoms with Crippen molar-refractivity contribution in [3.05, 3.63) is 6.33 Å². The van der Waals surface area contributed by atoms with Crippen molar-refractivity contribution in [2.24, 2.45) is 9.75 Å². The van der Waals surface area contributed by atoms with Gasteiger partial charge in [0.2, 0.25) is 0 Å². The summed E-state index contributed by atoms with van der Waals surface area (Å²) in [5, 5.41) is 9.25. The van der Waals surface area contributed by atoms with E-state index in [2.05, 4.69) is 24.9 Å². The van der Waals surface area contributed by atoms with Gasteiger partial charge in [0, 0.05) is 0 Å². The van der Waals surface area contributed by atoms with Gasteiger partial charge in [-0.05, 0) is 0 Å². The lowest BCUT2D eigenvalue weighted by Crippen LogP contribution is -1.61. The summed E-state index contributed by atoms with van der Waals surface area (Å²) in [7, 11) is 0. The average molecular weight is 132 g/mol. The molecule has 0 aliphatic heterocycles. The number of nitrogens with one attached hydrogen (secondary N) is 1. The zero-order chi connectivity index (χ0) is 5.82.